The lowest BCUT2D eigenvalue weighted by molar-refractivity contribution is 0.0314. The summed E-state index contributed by atoms with van der Waals surface area (Å²) >= 11 is 0. The number of rotatable bonds is 3. The Kier molecular flexibility index (Phi) is 5.30. The van der Waals surface area contributed by atoms with Crippen LogP contribution in [0.3, 0.4) is 0 Å². The summed E-state index contributed by atoms with van der Waals surface area (Å²) in [6.07, 6.45) is 9.93. The third-order valence-electron chi connectivity index (χ3n) is 5.17. The fourth-order valence-electron chi connectivity index (χ4n) is 3.86. The average Bonchev–Trinajstić information content (AvgIpc) is 2.39. The molecule has 2 fully saturated rings. The van der Waals surface area contributed by atoms with Gasteiger partial charge in [0.25, 0.3) is 0 Å². The number of hydrogen-bond acceptors (Lipinski definition) is 2. The molecule has 0 spiro atoms. The molecule has 2 atom stereocenters. The molecule has 1 saturated carbocycles. The van der Waals surface area contributed by atoms with Crippen molar-refractivity contribution in [2.24, 2.45) is 5.41 Å². The largest absolute Gasteiger partial charge is 0.311 e. The molecule has 1 saturated heterocycles. The summed E-state index contributed by atoms with van der Waals surface area (Å²) in [7, 11) is 0. The molecular weight excluding hydrogens is 232 g/mol. The Morgan fingerprint density at radius 3 is 2.37 bits per heavy atom. The zero-order valence-electron chi connectivity index (χ0n) is 13.5. The van der Waals surface area contributed by atoms with Gasteiger partial charge in [0.05, 0.1) is 0 Å². The fourth-order valence-corrected chi connectivity index (χ4v) is 3.86. The number of nitrogens with one attached hydrogen (secondary N) is 1. The summed E-state index contributed by atoms with van der Waals surface area (Å²) < 4.78 is 0. The van der Waals surface area contributed by atoms with Crippen molar-refractivity contribution < 1.29 is 0 Å². The Morgan fingerprint density at radius 1 is 1.11 bits per heavy atom. The molecule has 2 rings (SSSR count). The first kappa shape index (κ1) is 15.3. The minimum atomic E-state index is 0.379. The van der Waals surface area contributed by atoms with Gasteiger partial charge in [-0.1, -0.05) is 53.4 Å². The zero-order chi connectivity index (χ0) is 13.9. The van der Waals surface area contributed by atoms with Crippen molar-refractivity contribution in [3.63, 3.8) is 0 Å². The second-order valence-electron chi connectivity index (χ2n) is 7.76. The van der Waals surface area contributed by atoms with E-state index >= 15 is 0 Å². The van der Waals surface area contributed by atoms with E-state index in [-0.39, 0.29) is 0 Å². The first-order valence-electron chi connectivity index (χ1n) is 8.51. The van der Waals surface area contributed by atoms with Crippen molar-refractivity contribution in [2.45, 2.75) is 90.8 Å². The molecule has 0 amide bonds. The Hall–Kier alpha value is -0.0800. The molecular formula is C17H34N2. The topological polar surface area (TPSA) is 15.3 Å². The van der Waals surface area contributed by atoms with Crippen LogP contribution in [0.4, 0.5) is 0 Å². The molecule has 1 aliphatic carbocycles. The van der Waals surface area contributed by atoms with Crippen LogP contribution in [-0.2, 0) is 0 Å². The predicted octanol–water partition coefficient (Wildman–Crippen LogP) is 3.81. The average molecular weight is 266 g/mol. The van der Waals surface area contributed by atoms with Crippen molar-refractivity contribution >= 4 is 0 Å². The second kappa shape index (κ2) is 6.58. The second-order valence-corrected chi connectivity index (χ2v) is 7.76. The van der Waals surface area contributed by atoms with E-state index in [0.29, 0.717) is 11.5 Å². The van der Waals surface area contributed by atoms with Gasteiger partial charge in [-0.15, -0.1) is 0 Å². The van der Waals surface area contributed by atoms with Crippen LogP contribution in [0, 0.1) is 5.41 Å². The lowest BCUT2D eigenvalue weighted by Crippen LogP contribution is -2.62. The first-order valence-corrected chi connectivity index (χ1v) is 8.51. The number of piperazine rings is 1. The number of hydrogen-bond donors (Lipinski definition) is 1. The van der Waals surface area contributed by atoms with Gasteiger partial charge in [0.2, 0.25) is 0 Å². The fraction of sp³-hybridized carbons (Fsp3) is 1.00. The summed E-state index contributed by atoms with van der Waals surface area (Å²) in [4.78, 5) is 2.88. The third kappa shape index (κ3) is 3.95. The third-order valence-corrected chi connectivity index (χ3v) is 5.17. The Balaban J connectivity index is 2.03. The van der Waals surface area contributed by atoms with E-state index in [1.165, 1.54) is 58.0 Å². The maximum atomic E-state index is 3.82. The summed E-state index contributed by atoms with van der Waals surface area (Å²) in [6.45, 7) is 11.9. The van der Waals surface area contributed by atoms with Gasteiger partial charge in [-0.05, 0) is 24.7 Å². The van der Waals surface area contributed by atoms with Crippen LogP contribution in [0.25, 0.3) is 0 Å². The monoisotopic (exact) mass is 266 g/mol. The standard InChI is InChI=1S/C17H34N2/c1-5-9-15-12-18-16(17(2,3)4)13-19(15)14-10-7-6-8-11-14/h14-16,18H,5-13H2,1-4H3. The van der Waals surface area contributed by atoms with Gasteiger partial charge in [0.15, 0.2) is 0 Å². The van der Waals surface area contributed by atoms with Crippen LogP contribution in [0.2, 0.25) is 0 Å². The van der Waals surface area contributed by atoms with Crippen molar-refractivity contribution in [3.8, 4) is 0 Å². The van der Waals surface area contributed by atoms with E-state index in [9.17, 15) is 0 Å². The van der Waals surface area contributed by atoms with Gasteiger partial charge in [-0.3, -0.25) is 4.90 Å². The van der Waals surface area contributed by atoms with Gasteiger partial charge in [-0.25, -0.2) is 0 Å². The molecule has 1 heterocycles. The van der Waals surface area contributed by atoms with Gasteiger partial charge in [0.1, 0.15) is 0 Å². The van der Waals surface area contributed by atoms with Crippen molar-refractivity contribution in [1.29, 1.82) is 0 Å². The minimum Gasteiger partial charge on any atom is -0.311 e. The van der Waals surface area contributed by atoms with E-state index in [4.69, 9.17) is 0 Å². The smallest absolute Gasteiger partial charge is 0.0244 e. The van der Waals surface area contributed by atoms with Crippen molar-refractivity contribution in [2.75, 3.05) is 13.1 Å². The highest BCUT2D eigenvalue weighted by Crippen LogP contribution is 2.30. The van der Waals surface area contributed by atoms with Crippen LogP contribution in [-0.4, -0.2) is 36.1 Å². The molecule has 0 aromatic rings. The Labute approximate surface area is 120 Å². The van der Waals surface area contributed by atoms with Crippen LogP contribution >= 0.6 is 0 Å². The highest BCUT2D eigenvalue weighted by molar-refractivity contribution is 4.94. The molecule has 0 radical (unpaired) electrons. The SMILES string of the molecule is CCCC1CNC(C(C)(C)C)CN1C1CCCCC1. The molecule has 1 aliphatic heterocycles. The molecule has 2 unspecified atom stereocenters. The summed E-state index contributed by atoms with van der Waals surface area (Å²) in [5.74, 6) is 0. The van der Waals surface area contributed by atoms with Gasteiger partial charge in [-0.2, -0.15) is 0 Å². The molecule has 1 N–H and O–H groups in total. The number of nitrogens with zero attached hydrogens (tertiary/aromatic N) is 1. The summed E-state index contributed by atoms with van der Waals surface area (Å²) in [5, 5.41) is 3.82. The lowest BCUT2D eigenvalue weighted by atomic mass is 9.82. The van der Waals surface area contributed by atoms with Gasteiger partial charge < -0.3 is 5.32 Å². The van der Waals surface area contributed by atoms with Crippen molar-refractivity contribution in [3.05, 3.63) is 0 Å². The molecule has 2 nitrogen and oxygen atoms in total. The maximum Gasteiger partial charge on any atom is 0.0244 e. The molecule has 0 aromatic carbocycles. The van der Waals surface area contributed by atoms with E-state index < -0.39 is 0 Å². The molecule has 19 heavy (non-hydrogen) atoms. The quantitative estimate of drug-likeness (QED) is 0.835. The normalized spacial score (nSPS) is 31.6. The predicted molar refractivity (Wildman–Crippen MR) is 83.5 cm³/mol. The molecule has 0 bridgehead atoms. The molecule has 2 heteroatoms. The maximum absolute atomic E-state index is 3.82. The van der Waals surface area contributed by atoms with Crippen molar-refractivity contribution in [1.82, 2.24) is 10.2 Å². The van der Waals surface area contributed by atoms with Crippen LogP contribution in [0.5, 0.6) is 0 Å². The van der Waals surface area contributed by atoms with E-state index in [1.807, 2.05) is 0 Å². The van der Waals surface area contributed by atoms with E-state index in [0.717, 1.165) is 12.1 Å². The zero-order valence-corrected chi connectivity index (χ0v) is 13.5. The first-order chi connectivity index (χ1) is 9.02. The molecule has 2 aliphatic rings. The Morgan fingerprint density at radius 2 is 1.79 bits per heavy atom. The van der Waals surface area contributed by atoms with Crippen LogP contribution < -0.4 is 5.32 Å². The van der Waals surface area contributed by atoms with Gasteiger partial charge >= 0.3 is 0 Å². The molecule has 0 aromatic heterocycles. The molecule has 112 valence electrons. The summed E-state index contributed by atoms with van der Waals surface area (Å²) in [6, 6.07) is 2.31. The van der Waals surface area contributed by atoms with E-state index in [2.05, 4.69) is 37.9 Å². The van der Waals surface area contributed by atoms with Crippen LogP contribution in [0.15, 0.2) is 0 Å². The minimum absolute atomic E-state index is 0.379. The highest BCUT2D eigenvalue weighted by atomic mass is 15.3. The van der Waals surface area contributed by atoms with Crippen LogP contribution in [0.1, 0.15) is 72.6 Å². The Bertz CT molecular complexity index is 258. The van der Waals surface area contributed by atoms with Gasteiger partial charge in [0, 0.05) is 31.2 Å². The summed E-state index contributed by atoms with van der Waals surface area (Å²) in [5.41, 5.74) is 0.379. The lowest BCUT2D eigenvalue weighted by Gasteiger charge is -2.49. The van der Waals surface area contributed by atoms with E-state index in [1.54, 1.807) is 0 Å². The highest BCUT2D eigenvalue weighted by Gasteiger charge is 2.36.